The van der Waals surface area contributed by atoms with Crippen LogP contribution in [0.4, 0.5) is 5.69 Å². The summed E-state index contributed by atoms with van der Waals surface area (Å²) in [7, 11) is 0. The number of phenolic OH excluding ortho intramolecular Hbond substituents is 2. The van der Waals surface area contributed by atoms with E-state index in [-0.39, 0.29) is 28.9 Å². The van der Waals surface area contributed by atoms with E-state index in [0.717, 1.165) is 12.0 Å². The Kier molecular flexibility index (Phi) is 4.65. The Morgan fingerprint density at radius 3 is 2.54 bits per heavy atom. The number of carbonyl (C=O) groups excluding carboxylic acids is 1. The van der Waals surface area contributed by atoms with Gasteiger partial charge in [0, 0.05) is 6.54 Å². The molecule has 0 aromatic heterocycles. The summed E-state index contributed by atoms with van der Waals surface area (Å²) in [6.07, 6.45) is 0.781. The summed E-state index contributed by atoms with van der Waals surface area (Å²) in [6.45, 7) is 2.54. The minimum absolute atomic E-state index is 0.0635. The molecule has 0 radical (unpaired) electrons. The number of phenols is 2. The minimum Gasteiger partial charge on any atom is -0.507 e. The summed E-state index contributed by atoms with van der Waals surface area (Å²) in [5, 5.41) is 20.7. The molecular formula is C23H21NO4. The zero-order valence-corrected chi connectivity index (χ0v) is 15.5. The van der Waals surface area contributed by atoms with Gasteiger partial charge in [-0.05, 0) is 54.3 Å². The minimum atomic E-state index is -0.370. The molecule has 1 aliphatic rings. The van der Waals surface area contributed by atoms with Gasteiger partial charge in [0.15, 0.2) is 0 Å². The highest BCUT2D eigenvalue weighted by Crippen LogP contribution is 2.42. The highest BCUT2D eigenvalue weighted by Gasteiger charge is 2.30. The number of carbonyl (C=O) groups is 1. The molecule has 1 aliphatic heterocycles. The molecule has 0 bridgehead atoms. The number of ether oxygens (including phenoxy) is 1. The predicted octanol–water partition coefficient (Wildman–Crippen LogP) is 5.04. The van der Waals surface area contributed by atoms with Gasteiger partial charge >= 0.3 is 0 Å². The van der Waals surface area contributed by atoms with Gasteiger partial charge < -0.3 is 19.8 Å². The van der Waals surface area contributed by atoms with Crippen LogP contribution in [-0.4, -0.2) is 22.7 Å². The van der Waals surface area contributed by atoms with E-state index in [2.05, 4.69) is 6.92 Å². The molecule has 0 saturated carbocycles. The summed E-state index contributed by atoms with van der Waals surface area (Å²) >= 11 is 0. The van der Waals surface area contributed by atoms with Crippen molar-refractivity contribution >= 4 is 11.6 Å². The third kappa shape index (κ3) is 3.27. The standard InChI is InChI=1S/C23H21NO4/c1-15-12-13-24(22-18(15)8-5-9-21(22)26)23(27)19-14-17(10-11-20(19)25)28-16-6-3-2-4-7-16/h2-11,14-15,25-26H,12-13H2,1H3. The molecule has 2 N–H and O–H groups in total. The molecule has 3 aromatic rings. The van der Waals surface area contributed by atoms with Crippen molar-refractivity contribution in [1.29, 1.82) is 0 Å². The highest BCUT2D eigenvalue weighted by atomic mass is 16.5. The Morgan fingerprint density at radius 1 is 0.964 bits per heavy atom. The number of para-hydroxylation sites is 2. The summed E-state index contributed by atoms with van der Waals surface area (Å²) in [6, 6.07) is 19.1. The fourth-order valence-electron chi connectivity index (χ4n) is 3.55. The number of hydrogen-bond acceptors (Lipinski definition) is 4. The van der Waals surface area contributed by atoms with Crippen LogP contribution < -0.4 is 9.64 Å². The van der Waals surface area contributed by atoms with Crippen LogP contribution in [0.1, 0.15) is 35.2 Å². The van der Waals surface area contributed by atoms with Crippen LogP contribution in [0.25, 0.3) is 0 Å². The molecule has 1 unspecified atom stereocenters. The maximum atomic E-state index is 13.2. The van der Waals surface area contributed by atoms with E-state index in [1.807, 2.05) is 36.4 Å². The first kappa shape index (κ1) is 17.9. The summed E-state index contributed by atoms with van der Waals surface area (Å²) < 4.78 is 5.79. The number of amides is 1. The quantitative estimate of drug-likeness (QED) is 0.672. The third-order valence-electron chi connectivity index (χ3n) is 5.05. The van der Waals surface area contributed by atoms with Gasteiger partial charge in [-0.2, -0.15) is 0 Å². The Bertz CT molecular complexity index is 1020. The number of nitrogens with zero attached hydrogens (tertiary/aromatic N) is 1. The average Bonchev–Trinajstić information content (AvgIpc) is 2.71. The first-order valence-corrected chi connectivity index (χ1v) is 9.24. The highest BCUT2D eigenvalue weighted by molar-refractivity contribution is 6.09. The number of hydrogen-bond donors (Lipinski definition) is 2. The molecule has 28 heavy (non-hydrogen) atoms. The number of anilines is 1. The van der Waals surface area contributed by atoms with Crippen LogP contribution >= 0.6 is 0 Å². The van der Waals surface area contributed by atoms with E-state index in [1.165, 1.54) is 17.0 Å². The molecule has 0 spiro atoms. The first-order chi connectivity index (χ1) is 13.5. The van der Waals surface area contributed by atoms with Crippen molar-refractivity contribution in [2.75, 3.05) is 11.4 Å². The summed E-state index contributed by atoms with van der Waals surface area (Å²) in [5.41, 5.74) is 1.58. The lowest BCUT2D eigenvalue weighted by molar-refractivity contribution is 0.0980. The molecular weight excluding hydrogens is 354 g/mol. The first-order valence-electron chi connectivity index (χ1n) is 9.24. The number of fused-ring (bicyclic) bond motifs is 1. The van der Waals surface area contributed by atoms with Crippen molar-refractivity contribution in [3.05, 3.63) is 77.9 Å². The third-order valence-corrected chi connectivity index (χ3v) is 5.05. The van der Waals surface area contributed by atoms with E-state index in [9.17, 15) is 15.0 Å². The smallest absolute Gasteiger partial charge is 0.262 e. The second kappa shape index (κ2) is 7.27. The molecule has 1 atom stereocenters. The molecule has 1 heterocycles. The van der Waals surface area contributed by atoms with E-state index in [0.29, 0.717) is 23.7 Å². The summed E-state index contributed by atoms with van der Waals surface area (Å²) in [5.74, 6) is 0.907. The van der Waals surface area contributed by atoms with Crippen molar-refractivity contribution in [3.8, 4) is 23.0 Å². The number of benzene rings is 3. The maximum Gasteiger partial charge on any atom is 0.262 e. The van der Waals surface area contributed by atoms with Gasteiger partial charge in [0.25, 0.3) is 5.91 Å². The molecule has 1 amide bonds. The topological polar surface area (TPSA) is 70.0 Å². The van der Waals surface area contributed by atoms with Gasteiger partial charge in [-0.15, -0.1) is 0 Å². The average molecular weight is 375 g/mol. The Hall–Kier alpha value is -3.47. The number of aromatic hydroxyl groups is 2. The fourth-order valence-corrected chi connectivity index (χ4v) is 3.55. The Morgan fingerprint density at radius 2 is 1.75 bits per heavy atom. The van der Waals surface area contributed by atoms with Crippen LogP contribution in [0.3, 0.4) is 0 Å². The lowest BCUT2D eigenvalue weighted by Crippen LogP contribution is -2.36. The van der Waals surface area contributed by atoms with Crippen molar-refractivity contribution < 1.29 is 19.7 Å². The Labute approximate surface area is 163 Å². The van der Waals surface area contributed by atoms with Gasteiger partial charge in [-0.25, -0.2) is 0 Å². The largest absolute Gasteiger partial charge is 0.507 e. The molecule has 0 aliphatic carbocycles. The lowest BCUT2D eigenvalue weighted by atomic mass is 9.90. The van der Waals surface area contributed by atoms with Crippen LogP contribution in [0.2, 0.25) is 0 Å². The van der Waals surface area contributed by atoms with Gasteiger partial charge in [-0.1, -0.05) is 37.3 Å². The zero-order chi connectivity index (χ0) is 19.7. The van der Waals surface area contributed by atoms with E-state index < -0.39 is 0 Å². The maximum absolute atomic E-state index is 13.2. The molecule has 0 saturated heterocycles. The van der Waals surface area contributed by atoms with Crippen molar-refractivity contribution in [3.63, 3.8) is 0 Å². The van der Waals surface area contributed by atoms with Gasteiger partial charge in [0.05, 0.1) is 11.3 Å². The second-order valence-electron chi connectivity index (χ2n) is 6.96. The predicted molar refractivity (Wildman–Crippen MR) is 107 cm³/mol. The molecule has 4 rings (SSSR count). The van der Waals surface area contributed by atoms with E-state index >= 15 is 0 Å². The monoisotopic (exact) mass is 375 g/mol. The SMILES string of the molecule is CC1CCN(C(=O)c2cc(Oc3ccccc3)ccc2O)c2c(O)cccc21. The molecule has 5 nitrogen and oxygen atoms in total. The molecule has 0 fully saturated rings. The van der Waals surface area contributed by atoms with E-state index in [4.69, 9.17) is 4.74 Å². The summed E-state index contributed by atoms with van der Waals surface area (Å²) in [4.78, 5) is 14.8. The van der Waals surface area contributed by atoms with Crippen LogP contribution in [0.5, 0.6) is 23.0 Å². The van der Waals surface area contributed by atoms with Crippen molar-refractivity contribution in [1.82, 2.24) is 0 Å². The fraction of sp³-hybridized carbons (Fsp3) is 0.174. The van der Waals surface area contributed by atoms with Crippen molar-refractivity contribution in [2.45, 2.75) is 19.3 Å². The Balaban J connectivity index is 1.69. The van der Waals surface area contributed by atoms with Crippen LogP contribution in [0.15, 0.2) is 66.7 Å². The normalized spacial score (nSPS) is 15.8. The van der Waals surface area contributed by atoms with Gasteiger partial charge in [0.2, 0.25) is 0 Å². The van der Waals surface area contributed by atoms with E-state index in [1.54, 1.807) is 18.2 Å². The van der Waals surface area contributed by atoms with Gasteiger partial charge in [-0.3, -0.25) is 4.79 Å². The molecule has 142 valence electrons. The van der Waals surface area contributed by atoms with Crippen molar-refractivity contribution in [2.24, 2.45) is 0 Å². The number of rotatable bonds is 3. The molecule has 3 aromatic carbocycles. The zero-order valence-electron chi connectivity index (χ0n) is 15.5. The lowest BCUT2D eigenvalue weighted by Gasteiger charge is -2.33. The van der Waals surface area contributed by atoms with Crippen LogP contribution in [0, 0.1) is 0 Å². The van der Waals surface area contributed by atoms with Crippen LogP contribution in [-0.2, 0) is 0 Å². The van der Waals surface area contributed by atoms with Gasteiger partial charge in [0.1, 0.15) is 23.0 Å². The molecule has 5 heteroatoms. The second-order valence-corrected chi connectivity index (χ2v) is 6.96.